The summed E-state index contributed by atoms with van der Waals surface area (Å²) in [4.78, 5) is 4.81. The van der Waals surface area contributed by atoms with Crippen LogP contribution in [-0.2, 0) is 17.9 Å². The summed E-state index contributed by atoms with van der Waals surface area (Å²) < 4.78 is 37.9. The fraction of sp³-hybridized carbons (Fsp3) is 0.615. The van der Waals surface area contributed by atoms with Crippen molar-refractivity contribution in [3.63, 3.8) is 0 Å². The average molecular weight is 532 g/mol. The number of aryl methyl sites for hydroxylation is 2. The molecule has 0 aliphatic heterocycles. The van der Waals surface area contributed by atoms with Gasteiger partial charge >= 0.3 is 0 Å². The van der Waals surface area contributed by atoms with Gasteiger partial charge in [0, 0.05) is 44.7 Å². The van der Waals surface area contributed by atoms with Gasteiger partial charge in [0.2, 0.25) is 5.92 Å². The van der Waals surface area contributed by atoms with E-state index in [4.69, 9.17) is 9.41 Å². The van der Waals surface area contributed by atoms with Gasteiger partial charge in [-0.1, -0.05) is 26.0 Å². The summed E-state index contributed by atoms with van der Waals surface area (Å²) in [7, 11) is -0.320. The highest BCUT2D eigenvalue weighted by atomic mass is 28.4. The number of pyridine rings is 1. The molecule has 4 rings (SSSR count). The molecule has 202 valence electrons. The Kier molecular flexibility index (Phi) is 7.58. The van der Waals surface area contributed by atoms with Crippen LogP contribution < -0.4 is 5.32 Å². The number of alkyl halides is 2. The minimum atomic E-state index is -2.58. The first-order valence-corrected chi connectivity index (χ1v) is 15.8. The Morgan fingerprint density at radius 1 is 1.22 bits per heavy atom. The molecule has 1 fully saturated rings. The molecule has 1 unspecified atom stereocenters. The summed E-state index contributed by atoms with van der Waals surface area (Å²) in [5.41, 5.74) is 2.66. The van der Waals surface area contributed by atoms with E-state index in [1.165, 1.54) is 0 Å². The molecule has 1 aliphatic rings. The van der Waals surface area contributed by atoms with Gasteiger partial charge in [-0.05, 0) is 61.7 Å². The molecule has 37 heavy (non-hydrogen) atoms. The molecule has 1 atom stereocenters. The zero-order valence-electron chi connectivity index (χ0n) is 22.9. The lowest BCUT2D eigenvalue weighted by atomic mass is 9.92. The molecule has 0 spiro atoms. The van der Waals surface area contributed by atoms with Crippen LogP contribution in [0.5, 0.6) is 0 Å². The van der Waals surface area contributed by atoms with Gasteiger partial charge in [0.1, 0.15) is 5.82 Å². The molecule has 1 N–H and O–H groups in total. The maximum Gasteiger partial charge on any atom is 0.248 e. The molecule has 0 aromatic carbocycles. The first-order valence-electron chi connectivity index (χ1n) is 12.9. The lowest BCUT2D eigenvalue weighted by Crippen LogP contribution is -2.42. The van der Waals surface area contributed by atoms with E-state index in [-0.39, 0.29) is 30.0 Å². The Labute approximate surface area is 218 Å². The normalized spacial score (nSPS) is 17.6. The fourth-order valence-electron chi connectivity index (χ4n) is 4.29. The number of hydrogen-bond donors (Lipinski definition) is 1. The zero-order valence-corrected chi connectivity index (χ0v) is 23.9. The van der Waals surface area contributed by atoms with Gasteiger partial charge in [-0.3, -0.25) is 4.68 Å². The number of halogens is 2. The molecule has 1 saturated carbocycles. The molecule has 1 aliphatic carbocycles. The summed E-state index contributed by atoms with van der Waals surface area (Å²) in [5.74, 6) is -1.29. The Bertz CT molecular complexity index is 1210. The van der Waals surface area contributed by atoms with Crippen LogP contribution in [0.25, 0.3) is 5.82 Å². The lowest BCUT2D eigenvalue weighted by Gasteiger charge is -2.39. The number of rotatable bonds is 8. The van der Waals surface area contributed by atoms with Crippen LogP contribution in [0.3, 0.4) is 0 Å². The third-order valence-electron chi connectivity index (χ3n) is 7.52. The molecule has 3 heterocycles. The molecule has 11 heteroatoms. The molecule has 0 amide bonds. The van der Waals surface area contributed by atoms with Gasteiger partial charge in [0.25, 0.3) is 0 Å². The average Bonchev–Trinajstić information content (AvgIpc) is 3.41. The maximum absolute atomic E-state index is 13.8. The van der Waals surface area contributed by atoms with Crippen molar-refractivity contribution in [2.24, 2.45) is 7.05 Å². The smallest absolute Gasteiger partial charge is 0.248 e. The number of hydrogen-bond acceptors (Lipinski definition) is 6. The van der Waals surface area contributed by atoms with Gasteiger partial charge in [0.05, 0.1) is 17.5 Å². The van der Waals surface area contributed by atoms with Crippen molar-refractivity contribution in [1.29, 1.82) is 0 Å². The zero-order chi connectivity index (χ0) is 27.0. The Hall–Kier alpha value is -2.66. The molecular formula is C26H39F2N7OSi. The second-order valence-corrected chi connectivity index (χ2v) is 16.5. The van der Waals surface area contributed by atoms with E-state index in [1.54, 1.807) is 9.36 Å². The summed E-state index contributed by atoms with van der Waals surface area (Å²) in [6.07, 6.45) is 4.63. The SMILES string of the molecule is Cc1ccn(-c2cc(C(Cc3cn(C)nn3)O[Si](C)(C)C(C)(C)C)cc(NC3CCC(F)(F)CC3)n2)n1. The second kappa shape index (κ2) is 10.2. The highest BCUT2D eigenvalue weighted by molar-refractivity contribution is 6.74. The minimum absolute atomic E-state index is 0.0109. The molecule has 3 aromatic heterocycles. The Balaban J connectivity index is 1.72. The molecule has 0 bridgehead atoms. The fourth-order valence-corrected chi connectivity index (χ4v) is 5.57. The largest absolute Gasteiger partial charge is 0.410 e. The van der Waals surface area contributed by atoms with Crippen molar-refractivity contribution in [1.82, 2.24) is 29.8 Å². The summed E-state index contributed by atoms with van der Waals surface area (Å²) in [6, 6.07) is 5.85. The summed E-state index contributed by atoms with van der Waals surface area (Å²) in [6.45, 7) is 13.0. The highest BCUT2D eigenvalue weighted by Gasteiger charge is 2.40. The third kappa shape index (κ3) is 6.81. The summed E-state index contributed by atoms with van der Waals surface area (Å²) >= 11 is 0. The molecule has 3 aromatic rings. The molecule has 0 saturated heterocycles. The van der Waals surface area contributed by atoms with Crippen molar-refractivity contribution >= 4 is 14.1 Å². The molecular weight excluding hydrogens is 492 g/mol. The van der Waals surface area contributed by atoms with Crippen LogP contribution in [0.15, 0.2) is 30.6 Å². The minimum Gasteiger partial charge on any atom is -0.410 e. The maximum atomic E-state index is 13.8. The van der Waals surface area contributed by atoms with Crippen molar-refractivity contribution < 1.29 is 13.2 Å². The number of nitrogens with one attached hydrogen (secondary N) is 1. The monoisotopic (exact) mass is 531 g/mol. The second-order valence-electron chi connectivity index (χ2n) is 11.8. The van der Waals surface area contributed by atoms with Crippen molar-refractivity contribution in [2.75, 3.05) is 5.32 Å². The van der Waals surface area contributed by atoms with E-state index in [0.717, 1.165) is 17.0 Å². The van der Waals surface area contributed by atoms with E-state index < -0.39 is 14.2 Å². The summed E-state index contributed by atoms with van der Waals surface area (Å²) in [5, 5.41) is 16.4. The third-order valence-corrected chi connectivity index (χ3v) is 12.0. The van der Waals surface area contributed by atoms with Crippen LogP contribution in [0.1, 0.15) is 69.5 Å². The van der Waals surface area contributed by atoms with Crippen molar-refractivity contribution in [3.05, 3.63) is 47.5 Å². The van der Waals surface area contributed by atoms with Crippen LogP contribution in [0.4, 0.5) is 14.6 Å². The predicted octanol–water partition coefficient (Wildman–Crippen LogP) is 6.00. The molecule has 8 nitrogen and oxygen atoms in total. The van der Waals surface area contributed by atoms with E-state index >= 15 is 0 Å². The van der Waals surface area contributed by atoms with E-state index in [1.807, 2.05) is 44.6 Å². The predicted molar refractivity (Wildman–Crippen MR) is 143 cm³/mol. The number of anilines is 1. The van der Waals surface area contributed by atoms with Gasteiger partial charge in [0.15, 0.2) is 14.1 Å². The van der Waals surface area contributed by atoms with Gasteiger partial charge in [-0.25, -0.2) is 18.4 Å². The highest BCUT2D eigenvalue weighted by Crippen LogP contribution is 2.41. The first kappa shape index (κ1) is 27.4. The standard InChI is InChI=1S/C26H39F2N7OSi/c1-18-10-13-35(32-18)24-15-19(14-23(30-24)29-20-8-11-26(27,28)12-9-20)22(16-21-17-34(5)33-31-21)36-37(6,7)25(2,3)4/h10,13-15,17,20,22H,8-9,11-12,16H2,1-7H3,(H,29,30). The van der Waals surface area contributed by atoms with Crippen LogP contribution in [-0.4, -0.2) is 50.0 Å². The van der Waals surface area contributed by atoms with Crippen molar-refractivity contribution in [3.8, 4) is 5.82 Å². The number of aromatic nitrogens is 6. The van der Waals surface area contributed by atoms with E-state index in [0.29, 0.717) is 30.9 Å². The van der Waals surface area contributed by atoms with Crippen LogP contribution in [0.2, 0.25) is 18.1 Å². The van der Waals surface area contributed by atoms with Gasteiger partial charge in [-0.15, -0.1) is 5.10 Å². The van der Waals surface area contributed by atoms with Crippen molar-refractivity contribution in [2.45, 2.75) is 96.0 Å². The van der Waals surface area contributed by atoms with Crippen LogP contribution >= 0.6 is 0 Å². The van der Waals surface area contributed by atoms with Gasteiger partial charge in [-0.2, -0.15) is 5.10 Å². The topological polar surface area (TPSA) is 82.7 Å². The first-order chi connectivity index (χ1) is 17.2. The Morgan fingerprint density at radius 3 is 2.49 bits per heavy atom. The number of nitrogens with zero attached hydrogens (tertiary/aromatic N) is 6. The Morgan fingerprint density at radius 2 is 1.92 bits per heavy atom. The van der Waals surface area contributed by atoms with E-state index in [9.17, 15) is 8.78 Å². The van der Waals surface area contributed by atoms with Crippen LogP contribution in [0, 0.1) is 6.92 Å². The van der Waals surface area contributed by atoms with E-state index in [2.05, 4.69) is 54.6 Å². The lowest BCUT2D eigenvalue weighted by molar-refractivity contribution is -0.0361. The van der Waals surface area contributed by atoms with Gasteiger partial charge < -0.3 is 9.74 Å². The molecule has 0 radical (unpaired) electrons. The quantitative estimate of drug-likeness (QED) is 0.359.